The maximum absolute atomic E-state index is 13.9. The van der Waals surface area contributed by atoms with Gasteiger partial charge in [0.05, 0.1) is 33.9 Å². The van der Waals surface area contributed by atoms with Crippen LogP contribution in [0.4, 0.5) is 18.9 Å². The Labute approximate surface area is 211 Å². The number of amides is 1. The number of halogens is 3. The van der Waals surface area contributed by atoms with Gasteiger partial charge in [0.2, 0.25) is 5.91 Å². The number of allylic oxidation sites excluding steroid dienone is 3. The molecule has 2 N–H and O–H groups in total. The summed E-state index contributed by atoms with van der Waals surface area (Å²) in [6, 6.07) is 12.7. The Hall–Kier alpha value is -3.51. The van der Waals surface area contributed by atoms with E-state index in [4.69, 9.17) is 0 Å². The molecule has 0 fully saturated rings. The minimum absolute atomic E-state index is 0.00464. The van der Waals surface area contributed by atoms with Crippen LogP contribution >= 0.6 is 11.8 Å². The average Bonchev–Trinajstić information content (AvgIpc) is 2.83. The number of dihydropyridines is 1. The van der Waals surface area contributed by atoms with Crippen LogP contribution in [-0.2, 0) is 15.8 Å². The molecule has 0 saturated carbocycles. The van der Waals surface area contributed by atoms with E-state index in [1.807, 2.05) is 32.0 Å². The first-order chi connectivity index (χ1) is 17.1. The van der Waals surface area contributed by atoms with Crippen molar-refractivity contribution < 1.29 is 22.8 Å². The molecule has 5 nitrogen and oxygen atoms in total. The Morgan fingerprint density at radius 1 is 1.19 bits per heavy atom. The zero-order valence-corrected chi connectivity index (χ0v) is 20.6. The number of anilines is 1. The summed E-state index contributed by atoms with van der Waals surface area (Å²) in [5.41, 5.74) is 2.34. The maximum atomic E-state index is 13.9. The van der Waals surface area contributed by atoms with Crippen LogP contribution in [0.5, 0.6) is 0 Å². The summed E-state index contributed by atoms with van der Waals surface area (Å²) in [6.07, 6.45) is -3.40. The summed E-state index contributed by atoms with van der Waals surface area (Å²) in [7, 11) is 0. The number of aryl methyl sites for hydroxylation is 2. The van der Waals surface area contributed by atoms with Gasteiger partial charge in [-0.1, -0.05) is 47.7 Å². The first-order valence-corrected chi connectivity index (χ1v) is 12.4. The van der Waals surface area contributed by atoms with Crippen LogP contribution in [0.25, 0.3) is 0 Å². The van der Waals surface area contributed by atoms with Gasteiger partial charge in [0.1, 0.15) is 0 Å². The summed E-state index contributed by atoms with van der Waals surface area (Å²) >= 11 is 1.04. The largest absolute Gasteiger partial charge is 0.416 e. The number of nitriles is 1. The van der Waals surface area contributed by atoms with Gasteiger partial charge in [-0.2, -0.15) is 18.4 Å². The number of nitrogens with zero attached hydrogens (tertiary/aromatic N) is 1. The second kappa shape index (κ2) is 10.2. The number of hydrogen-bond donors (Lipinski definition) is 2. The molecule has 1 aliphatic heterocycles. The smallest absolute Gasteiger partial charge is 0.352 e. The molecular weight excluding hydrogens is 487 g/mol. The zero-order chi connectivity index (χ0) is 26.0. The number of carbonyl (C=O) groups is 2. The normalized spacial score (nSPS) is 17.9. The number of benzene rings is 2. The van der Waals surface area contributed by atoms with E-state index in [0.29, 0.717) is 29.3 Å². The highest BCUT2D eigenvalue weighted by atomic mass is 32.2. The molecule has 2 aromatic carbocycles. The fraction of sp³-hybridized carbons (Fsp3) is 0.296. The van der Waals surface area contributed by atoms with E-state index in [2.05, 4.69) is 10.6 Å². The summed E-state index contributed by atoms with van der Waals surface area (Å²) in [5, 5.41) is 16.3. The second-order valence-corrected chi connectivity index (χ2v) is 9.81. The molecule has 1 heterocycles. The van der Waals surface area contributed by atoms with Gasteiger partial charge in [-0.05, 0) is 49.9 Å². The molecule has 36 heavy (non-hydrogen) atoms. The summed E-state index contributed by atoms with van der Waals surface area (Å²) in [4.78, 5) is 25.6. The van der Waals surface area contributed by atoms with Crippen LogP contribution in [0.2, 0.25) is 0 Å². The molecule has 0 spiro atoms. The van der Waals surface area contributed by atoms with Crippen molar-refractivity contribution in [3.63, 3.8) is 0 Å². The first kappa shape index (κ1) is 25.6. The van der Waals surface area contributed by atoms with E-state index in [1.165, 1.54) is 18.2 Å². The van der Waals surface area contributed by atoms with Gasteiger partial charge in [0.15, 0.2) is 5.78 Å². The van der Waals surface area contributed by atoms with E-state index >= 15 is 0 Å². The number of carbonyl (C=O) groups excluding carboxylic acids is 2. The predicted octanol–water partition coefficient (Wildman–Crippen LogP) is 6.12. The van der Waals surface area contributed by atoms with E-state index in [0.717, 1.165) is 29.0 Å². The molecule has 1 aliphatic carbocycles. The van der Waals surface area contributed by atoms with Crippen molar-refractivity contribution in [1.82, 2.24) is 5.32 Å². The lowest BCUT2D eigenvalue weighted by Crippen LogP contribution is -2.32. The highest BCUT2D eigenvalue weighted by Crippen LogP contribution is 2.47. The third-order valence-corrected chi connectivity index (χ3v) is 7.26. The van der Waals surface area contributed by atoms with Gasteiger partial charge in [0.25, 0.3) is 0 Å². The number of Topliss-reactive ketones (excluding diaryl/α,β-unsaturated/α-hetero) is 1. The summed E-state index contributed by atoms with van der Waals surface area (Å²) in [6.45, 7) is 3.83. The van der Waals surface area contributed by atoms with Crippen LogP contribution in [0.15, 0.2) is 64.3 Å². The molecule has 0 aromatic heterocycles. The molecule has 9 heteroatoms. The molecule has 0 saturated heterocycles. The van der Waals surface area contributed by atoms with E-state index in [9.17, 15) is 28.0 Å². The topological polar surface area (TPSA) is 82.0 Å². The first-order valence-electron chi connectivity index (χ1n) is 11.4. The van der Waals surface area contributed by atoms with Gasteiger partial charge in [-0.15, -0.1) is 0 Å². The van der Waals surface area contributed by atoms with Crippen molar-refractivity contribution in [2.75, 3.05) is 11.1 Å². The van der Waals surface area contributed by atoms with E-state index < -0.39 is 17.7 Å². The highest BCUT2D eigenvalue weighted by Gasteiger charge is 2.42. The van der Waals surface area contributed by atoms with E-state index in [1.54, 1.807) is 6.07 Å². The number of thioether (sulfide) groups is 1. The van der Waals surface area contributed by atoms with Crippen LogP contribution < -0.4 is 10.6 Å². The van der Waals surface area contributed by atoms with Crippen molar-refractivity contribution in [1.29, 1.82) is 5.26 Å². The Kier molecular flexibility index (Phi) is 7.27. The van der Waals surface area contributed by atoms with Crippen LogP contribution in [-0.4, -0.2) is 17.4 Å². The van der Waals surface area contributed by atoms with Crippen LogP contribution in [0, 0.1) is 25.2 Å². The minimum Gasteiger partial charge on any atom is -0.352 e. The van der Waals surface area contributed by atoms with Gasteiger partial charge >= 0.3 is 6.18 Å². The fourth-order valence-corrected chi connectivity index (χ4v) is 5.50. The SMILES string of the molecule is Cc1ccc(NC(=O)CSC2=C(C#N)[C@@H](c3ccccc3C(F)(F)F)C3=C(CCCC3=O)N2)c(C)c1. The Bertz CT molecular complexity index is 1340. The van der Waals surface area contributed by atoms with Gasteiger partial charge in [0, 0.05) is 23.4 Å². The number of rotatable bonds is 5. The molecule has 1 atom stereocenters. The Balaban J connectivity index is 1.69. The third-order valence-electron chi connectivity index (χ3n) is 6.24. The number of ketones is 1. The lowest BCUT2D eigenvalue weighted by atomic mass is 9.75. The Morgan fingerprint density at radius 3 is 2.64 bits per heavy atom. The third kappa shape index (κ3) is 5.19. The lowest BCUT2D eigenvalue weighted by Gasteiger charge is -2.34. The number of alkyl halides is 3. The predicted molar refractivity (Wildman–Crippen MR) is 133 cm³/mol. The molecule has 0 radical (unpaired) electrons. The molecule has 4 rings (SSSR count). The van der Waals surface area contributed by atoms with Crippen molar-refractivity contribution >= 4 is 29.1 Å². The average molecular weight is 512 g/mol. The maximum Gasteiger partial charge on any atom is 0.416 e. The van der Waals surface area contributed by atoms with Gasteiger partial charge in [-0.25, -0.2) is 0 Å². The Morgan fingerprint density at radius 2 is 1.94 bits per heavy atom. The summed E-state index contributed by atoms with van der Waals surface area (Å²) in [5.74, 6) is -1.80. The monoisotopic (exact) mass is 511 g/mol. The number of nitrogens with one attached hydrogen (secondary N) is 2. The molecule has 0 bridgehead atoms. The highest BCUT2D eigenvalue weighted by molar-refractivity contribution is 8.03. The molecule has 186 valence electrons. The van der Waals surface area contributed by atoms with Gasteiger partial charge < -0.3 is 10.6 Å². The molecule has 1 amide bonds. The number of hydrogen-bond acceptors (Lipinski definition) is 5. The van der Waals surface area contributed by atoms with Crippen molar-refractivity contribution in [3.05, 3.63) is 86.6 Å². The molecular formula is C27H24F3N3O2S. The fourth-order valence-electron chi connectivity index (χ4n) is 4.63. The quantitative estimate of drug-likeness (QED) is 0.505. The molecule has 2 aliphatic rings. The lowest BCUT2D eigenvalue weighted by molar-refractivity contribution is -0.138. The standard InChI is InChI=1S/C27H24F3N3O2S/c1-15-10-11-20(16(2)12-15)32-23(35)14-36-26-18(13-31)24(25-21(33-26)8-5-9-22(25)34)17-6-3-4-7-19(17)27(28,29)30/h3-4,6-7,10-12,24,33H,5,8-9,14H2,1-2H3,(H,32,35)/t24-/m1/s1. The zero-order valence-electron chi connectivity index (χ0n) is 19.8. The van der Waals surface area contributed by atoms with Crippen LogP contribution in [0.3, 0.4) is 0 Å². The van der Waals surface area contributed by atoms with Crippen LogP contribution in [0.1, 0.15) is 47.4 Å². The summed E-state index contributed by atoms with van der Waals surface area (Å²) < 4.78 is 41.7. The minimum atomic E-state index is -4.65. The second-order valence-electron chi connectivity index (χ2n) is 8.82. The van der Waals surface area contributed by atoms with E-state index in [-0.39, 0.29) is 40.6 Å². The van der Waals surface area contributed by atoms with Crippen molar-refractivity contribution in [2.45, 2.75) is 45.2 Å². The van der Waals surface area contributed by atoms with Gasteiger partial charge in [-0.3, -0.25) is 9.59 Å². The van der Waals surface area contributed by atoms with Crippen molar-refractivity contribution in [2.24, 2.45) is 0 Å². The van der Waals surface area contributed by atoms with Crippen molar-refractivity contribution in [3.8, 4) is 6.07 Å². The molecule has 2 aromatic rings. The molecule has 0 unspecified atom stereocenters.